The molecule has 0 radical (unpaired) electrons. The number of rotatable bonds is 13. The Morgan fingerprint density at radius 2 is 1.66 bits per heavy atom. The molecule has 0 amide bonds. The quantitative estimate of drug-likeness (QED) is 0.324. The van der Waals surface area contributed by atoms with Gasteiger partial charge in [-0.3, -0.25) is 9.44 Å². The molecule has 9 heteroatoms. The molecule has 3 N–H and O–H groups in total. The molecule has 1 fully saturated rings. The van der Waals surface area contributed by atoms with E-state index in [-0.39, 0.29) is 16.7 Å². The van der Waals surface area contributed by atoms with Gasteiger partial charge in [-0.2, -0.15) is 0 Å². The van der Waals surface area contributed by atoms with Gasteiger partial charge in [0, 0.05) is 18.3 Å². The lowest BCUT2D eigenvalue weighted by molar-refractivity contribution is 0.305. The van der Waals surface area contributed by atoms with Gasteiger partial charge in [-0.15, -0.1) is 0 Å². The molecule has 1 atom stereocenters. The minimum atomic E-state index is -3.77. The van der Waals surface area contributed by atoms with Crippen LogP contribution < -0.4 is 14.8 Å². The van der Waals surface area contributed by atoms with E-state index < -0.39 is 20.0 Å². The first kappa shape index (κ1) is 27.5. The van der Waals surface area contributed by atoms with Gasteiger partial charge < -0.3 is 5.32 Å². The van der Waals surface area contributed by atoms with E-state index in [0.29, 0.717) is 29.9 Å². The number of hydrogen-bond donors (Lipinski definition) is 3. The predicted octanol–water partition coefficient (Wildman–Crippen LogP) is 5.48. The van der Waals surface area contributed by atoms with E-state index in [9.17, 15) is 16.8 Å². The molecule has 35 heavy (non-hydrogen) atoms. The fourth-order valence-electron chi connectivity index (χ4n) is 4.56. The molecule has 7 nitrogen and oxygen atoms in total. The first-order valence-electron chi connectivity index (χ1n) is 12.6. The maximum Gasteiger partial charge on any atom is 0.261 e. The molecule has 2 aromatic carbocycles. The van der Waals surface area contributed by atoms with Gasteiger partial charge in [0.05, 0.1) is 16.3 Å². The molecule has 194 valence electrons. The second-order valence-electron chi connectivity index (χ2n) is 9.59. The highest BCUT2D eigenvalue weighted by atomic mass is 32.2. The van der Waals surface area contributed by atoms with Crippen molar-refractivity contribution < 1.29 is 16.8 Å². The van der Waals surface area contributed by atoms with Crippen molar-refractivity contribution in [1.29, 1.82) is 0 Å². The maximum atomic E-state index is 12.9. The summed E-state index contributed by atoms with van der Waals surface area (Å²) in [4.78, 5) is 0.175. The van der Waals surface area contributed by atoms with E-state index in [1.54, 1.807) is 48.5 Å². The van der Waals surface area contributed by atoms with Gasteiger partial charge in [-0.1, -0.05) is 63.6 Å². The van der Waals surface area contributed by atoms with Gasteiger partial charge in [0.2, 0.25) is 10.0 Å². The third kappa shape index (κ3) is 8.81. The topological polar surface area (TPSA) is 104 Å². The van der Waals surface area contributed by atoms with Crippen molar-refractivity contribution in [3.8, 4) is 0 Å². The Morgan fingerprint density at radius 3 is 2.34 bits per heavy atom. The molecule has 2 aromatic rings. The molecule has 0 aromatic heterocycles. The lowest BCUT2D eigenvalue weighted by Crippen LogP contribution is -2.29. The Kier molecular flexibility index (Phi) is 10.0. The second kappa shape index (κ2) is 12.7. The highest BCUT2D eigenvalue weighted by molar-refractivity contribution is 7.93. The van der Waals surface area contributed by atoms with Crippen LogP contribution in [0.5, 0.6) is 0 Å². The Bertz CT molecular complexity index is 1150. The summed E-state index contributed by atoms with van der Waals surface area (Å²) in [5.74, 6) is 0.775. The number of unbranched alkanes of at least 4 members (excludes halogenated alkanes) is 1. The predicted molar refractivity (Wildman–Crippen MR) is 144 cm³/mol. The molecular weight excluding hydrogens is 482 g/mol. The zero-order chi connectivity index (χ0) is 25.3. The van der Waals surface area contributed by atoms with Crippen molar-refractivity contribution in [2.24, 2.45) is 5.92 Å². The van der Waals surface area contributed by atoms with E-state index in [2.05, 4.69) is 21.7 Å². The summed E-state index contributed by atoms with van der Waals surface area (Å²) in [7, 11) is -7.24. The van der Waals surface area contributed by atoms with Crippen LogP contribution in [0.1, 0.15) is 70.8 Å². The van der Waals surface area contributed by atoms with Gasteiger partial charge in [0.1, 0.15) is 0 Å². The molecule has 0 bridgehead atoms. The van der Waals surface area contributed by atoms with Crippen molar-refractivity contribution in [2.75, 3.05) is 15.2 Å². The molecule has 0 aliphatic heterocycles. The molecule has 1 aliphatic rings. The van der Waals surface area contributed by atoms with E-state index >= 15 is 0 Å². The average molecular weight is 522 g/mol. The Hall–Kier alpha value is -2.10. The van der Waals surface area contributed by atoms with Crippen LogP contribution in [0.15, 0.2) is 53.4 Å². The third-order valence-corrected chi connectivity index (χ3v) is 9.25. The molecular formula is C26H39N3O4S2. The zero-order valence-electron chi connectivity index (χ0n) is 20.8. The van der Waals surface area contributed by atoms with E-state index in [0.717, 1.165) is 18.8 Å². The van der Waals surface area contributed by atoms with E-state index in [1.807, 2.05) is 6.92 Å². The van der Waals surface area contributed by atoms with Crippen molar-refractivity contribution in [1.82, 2.24) is 5.32 Å². The summed E-state index contributed by atoms with van der Waals surface area (Å²) >= 11 is 0. The van der Waals surface area contributed by atoms with Gasteiger partial charge >= 0.3 is 0 Å². The summed E-state index contributed by atoms with van der Waals surface area (Å²) in [5, 5.41) is 3.52. The van der Waals surface area contributed by atoms with Crippen LogP contribution in [0.4, 0.5) is 11.4 Å². The Balaban J connectivity index is 1.78. The minimum absolute atomic E-state index is 0.0535. The summed E-state index contributed by atoms with van der Waals surface area (Å²) in [6.45, 7) is 4.52. The summed E-state index contributed by atoms with van der Waals surface area (Å²) in [6.07, 6.45) is 8.89. The molecule has 1 saturated carbocycles. The van der Waals surface area contributed by atoms with Crippen LogP contribution in [0.2, 0.25) is 0 Å². The Morgan fingerprint density at radius 1 is 0.943 bits per heavy atom. The number of sulfonamides is 2. The minimum Gasteiger partial charge on any atom is -0.310 e. The summed E-state index contributed by atoms with van der Waals surface area (Å²) in [6, 6.07) is 13.4. The second-order valence-corrected chi connectivity index (χ2v) is 13.1. The first-order valence-corrected chi connectivity index (χ1v) is 15.8. The lowest BCUT2D eigenvalue weighted by atomic mass is 9.85. The van der Waals surface area contributed by atoms with Gasteiger partial charge in [-0.25, -0.2) is 16.8 Å². The molecule has 0 spiro atoms. The number of hydrogen-bond acceptors (Lipinski definition) is 5. The largest absolute Gasteiger partial charge is 0.310 e. The smallest absolute Gasteiger partial charge is 0.261 e. The van der Waals surface area contributed by atoms with E-state index in [4.69, 9.17) is 0 Å². The highest BCUT2D eigenvalue weighted by Crippen LogP contribution is 2.28. The summed E-state index contributed by atoms with van der Waals surface area (Å²) < 4.78 is 56.0. The zero-order valence-corrected chi connectivity index (χ0v) is 22.4. The molecule has 0 saturated heterocycles. The van der Waals surface area contributed by atoms with Crippen LogP contribution in [-0.2, 0) is 26.6 Å². The molecule has 0 heterocycles. The number of benzene rings is 2. The van der Waals surface area contributed by atoms with Crippen LogP contribution in [0, 0.1) is 5.92 Å². The number of anilines is 2. The number of nitrogens with one attached hydrogen (secondary N) is 3. The molecule has 0 unspecified atom stereocenters. The van der Waals surface area contributed by atoms with Gasteiger partial charge in [0.15, 0.2) is 0 Å². The Labute approximate surface area is 211 Å². The fraction of sp³-hybridized carbons (Fsp3) is 0.538. The van der Waals surface area contributed by atoms with Crippen LogP contribution in [0.25, 0.3) is 0 Å². The van der Waals surface area contributed by atoms with Gasteiger partial charge in [-0.05, 0) is 61.6 Å². The normalized spacial score (nSPS) is 16.1. The van der Waals surface area contributed by atoms with Crippen molar-refractivity contribution in [2.45, 2.75) is 82.7 Å². The summed E-state index contributed by atoms with van der Waals surface area (Å²) in [5.41, 5.74) is 1.55. The fourth-order valence-corrected chi connectivity index (χ4v) is 6.94. The van der Waals surface area contributed by atoms with Crippen molar-refractivity contribution in [3.05, 3.63) is 54.1 Å². The highest BCUT2D eigenvalue weighted by Gasteiger charge is 2.19. The van der Waals surface area contributed by atoms with Crippen molar-refractivity contribution in [3.63, 3.8) is 0 Å². The van der Waals surface area contributed by atoms with Crippen LogP contribution in [0.3, 0.4) is 0 Å². The van der Waals surface area contributed by atoms with Crippen molar-refractivity contribution >= 4 is 31.4 Å². The maximum absolute atomic E-state index is 12.9. The standard InChI is InChI=1S/C26H39N3O4S2/c1-3-4-17-34(30,31)28-24-15-16-26(29-35(32,33)25-13-9-6-10-14-25)23(19-24)20-27-21(2)18-22-11-7-5-8-12-22/h6,9-10,13-16,19,21-22,27-29H,3-5,7-8,11-12,17-18,20H2,1-2H3/t21-/m0/s1. The average Bonchev–Trinajstić information content (AvgIpc) is 2.83. The first-order chi connectivity index (χ1) is 16.7. The molecule has 3 rings (SSSR count). The van der Waals surface area contributed by atoms with E-state index in [1.165, 1.54) is 32.1 Å². The third-order valence-electron chi connectivity index (χ3n) is 6.50. The van der Waals surface area contributed by atoms with Crippen LogP contribution >= 0.6 is 0 Å². The lowest BCUT2D eigenvalue weighted by Gasteiger charge is -2.25. The monoisotopic (exact) mass is 521 g/mol. The molecule has 1 aliphatic carbocycles. The van der Waals surface area contributed by atoms with Gasteiger partial charge in [0.25, 0.3) is 10.0 Å². The SMILES string of the molecule is CCCCS(=O)(=O)Nc1ccc(NS(=O)(=O)c2ccccc2)c(CN[C@@H](C)CC2CCCCC2)c1. The van der Waals surface area contributed by atoms with Crippen LogP contribution in [-0.4, -0.2) is 28.6 Å².